The first-order chi connectivity index (χ1) is 9.45. The minimum atomic E-state index is -1.04. The molecule has 106 valence electrons. The summed E-state index contributed by atoms with van der Waals surface area (Å²) in [5.41, 5.74) is -0.691. The lowest BCUT2D eigenvalue weighted by molar-refractivity contribution is -0.122. The predicted molar refractivity (Wildman–Crippen MR) is 66.3 cm³/mol. The minimum Gasteiger partial charge on any atom is -0.355 e. The van der Waals surface area contributed by atoms with Crippen LogP contribution in [0.4, 0.5) is 14.5 Å². The average Bonchev–Trinajstić information content (AvgIpc) is 2.62. The molecule has 0 saturated carbocycles. The highest BCUT2D eigenvalue weighted by atomic mass is 19.1. The number of Topliss-reactive ketones (excluding diaryl/α,β-unsaturated/α-hetero) is 1. The molecule has 1 aromatic rings. The number of nitrogens with one attached hydrogen (secondary N) is 1. The molecule has 2 amide bonds. The number of anilines is 1. The smallest absolute Gasteiger partial charge is 0.300 e. The molecule has 20 heavy (non-hydrogen) atoms. The van der Waals surface area contributed by atoms with Crippen molar-refractivity contribution in [2.24, 2.45) is 0 Å². The standard InChI is InChI=1S/C13H12F2N2O3/c1-2-3-16-10(18)6-17-11-8(12(19)13(17)20)4-7(14)5-9(11)15/h4-5H,2-3,6H2,1H3,(H,16,18). The fourth-order valence-corrected chi connectivity index (χ4v) is 1.97. The number of hydrogen-bond donors (Lipinski definition) is 1. The van der Waals surface area contributed by atoms with Gasteiger partial charge in [0.2, 0.25) is 5.91 Å². The molecule has 0 unspecified atom stereocenters. The topological polar surface area (TPSA) is 66.5 Å². The SMILES string of the molecule is CCCNC(=O)CN1C(=O)C(=O)c2cc(F)cc(F)c21. The number of amides is 2. The van der Waals surface area contributed by atoms with Gasteiger partial charge in [-0.05, 0) is 12.5 Å². The number of rotatable bonds is 4. The Balaban J connectivity index is 2.31. The summed E-state index contributed by atoms with van der Waals surface area (Å²) >= 11 is 0. The van der Waals surface area contributed by atoms with Gasteiger partial charge in [0.05, 0.1) is 11.3 Å². The maximum absolute atomic E-state index is 13.7. The van der Waals surface area contributed by atoms with E-state index in [2.05, 4.69) is 5.32 Å². The first-order valence-corrected chi connectivity index (χ1v) is 6.07. The third-order valence-corrected chi connectivity index (χ3v) is 2.86. The van der Waals surface area contributed by atoms with E-state index in [4.69, 9.17) is 0 Å². The lowest BCUT2D eigenvalue weighted by Crippen LogP contribution is -2.40. The van der Waals surface area contributed by atoms with Gasteiger partial charge in [-0.3, -0.25) is 19.3 Å². The molecule has 0 saturated heterocycles. The fourth-order valence-electron chi connectivity index (χ4n) is 1.97. The second-order valence-corrected chi connectivity index (χ2v) is 4.35. The summed E-state index contributed by atoms with van der Waals surface area (Å²) in [7, 11) is 0. The molecule has 0 atom stereocenters. The zero-order chi connectivity index (χ0) is 14.9. The normalized spacial score (nSPS) is 13.7. The lowest BCUT2D eigenvalue weighted by atomic mass is 10.1. The number of fused-ring (bicyclic) bond motifs is 1. The minimum absolute atomic E-state index is 0.340. The van der Waals surface area contributed by atoms with Crippen LogP contribution in [0.2, 0.25) is 0 Å². The van der Waals surface area contributed by atoms with E-state index in [-0.39, 0.29) is 11.3 Å². The van der Waals surface area contributed by atoms with Gasteiger partial charge < -0.3 is 5.32 Å². The van der Waals surface area contributed by atoms with Crippen LogP contribution in [0, 0.1) is 11.6 Å². The van der Waals surface area contributed by atoms with Gasteiger partial charge in [-0.2, -0.15) is 0 Å². The highest BCUT2D eigenvalue weighted by Crippen LogP contribution is 2.32. The summed E-state index contributed by atoms with van der Waals surface area (Å²) in [6, 6.07) is 1.37. The van der Waals surface area contributed by atoms with Crippen LogP contribution in [0.3, 0.4) is 0 Å². The van der Waals surface area contributed by atoms with Crippen molar-refractivity contribution in [1.29, 1.82) is 0 Å². The van der Waals surface area contributed by atoms with Gasteiger partial charge in [0, 0.05) is 12.6 Å². The van der Waals surface area contributed by atoms with Crippen LogP contribution >= 0.6 is 0 Å². The van der Waals surface area contributed by atoms with Crippen LogP contribution in [-0.4, -0.2) is 30.7 Å². The molecule has 0 aliphatic carbocycles. The molecule has 0 aromatic heterocycles. The summed E-state index contributed by atoms with van der Waals surface area (Å²) in [5, 5.41) is 2.52. The second-order valence-electron chi connectivity index (χ2n) is 4.35. The first-order valence-electron chi connectivity index (χ1n) is 6.07. The van der Waals surface area contributed by atoms with E-state index in [9.17, 15) is 23.2 Å². The van der Waals surface area contributed by atoms with Crippen molar-refractivity contribution in [3.8, 4) is 0 Å². The maximum atomic E-state index is 13.7. The molecule has 1 aromatic carbocycles. The van der Waals surface area contributed by atoms with Crippen molar-refractivity contribution >= 4 is 23.3 Å². The van der Waals surface area contributed by atoms with Gasteiger partial charge in [0.1, 0.15) is 12.4 Å². The van der Waals surface area contributed by atoms with Crippen LogP contribution in [0.25, 0.3) is 0 Å². The Kier molecular flexibility index (Phi) is 3.78. The van der Waals surface area contributed by atoms with Gasteiger partial charge in [-0.15, -0.1) is 0 Å². The van der Waals surface area contributed by atoms with Crippen LogP contribution in [-0.2, 0) is 9.59 Å². The Morgan fingerprint density at radius 1 is 1.30 bits per heavy atom. The van der Waals surface area contributed by atoms with Gasteiger partial charge in [-0.25, -0.2) is 8.78 Å². The van der Waals surface area contributed by atoms with E-state index in [1.807, 2.05) is 6.92 Å². The van der Waals surface area contributed by atoms with Crippen LogP contribution in [0.15, 0.2) is 12.1 Å². The van der Waals surface area contributed by atoms with E-state index >= 15 is 0 Å². The van der Waals surface area contributed by atoms with E-state index in [0.717, 1.165) is 11.0 Å². The van der Waals surface area contributed by atoms with E-state index in [0.29, 0.717) is 19.0 Å². The van der Waals surface area contributed by atoms with Crippen molar-refractivity contribution in [3.63, 3.8) is 0 Å². The van der Waals surface area contributed by atoms with Crippen molar-refractivity contribution in [2.45, 2.75) is 13.3 Å². The van der Waals surface area contributed by atoms with E-state index < -0.39 is 35.8 Å². The monoisotopic (exact) mass is 282 g/mol. The third kappa shape index (κ3) is 2.38. The Morgan fingerprint density at radius 2 is 2.00 bits per heavy atom. The largest absolute Gasteiger partial charge is 0.355 e. The van der Waals surface area contributed by atoms with Gasteiger partial charge in [-0.1, -0.05) is 6.92 Å². The maximum Gasteiger partial charge on any atom is 0.300 e. The van der Waals surface area contributed by atoms with E-state index in [1.54, 1.807) is 0 Å². The van der Waals surface area contributed by atoms with E-state index in [1.165, 1.54) is 0 Å². The third-order valence-electron chi connectivity index (χ3n) is 2.86. The fraction of sp³-hybridized carbons (Fsp3) is 0.308. The summed E-state index contributed by atoms with van der Waals surface area (Å²) in [4.78, 5) is 35.7. The molecule has 1 N–H and O–H groups in total. The lowest BCUT2D eigenvalue weighted by Gasteiger charge is -2.16. The Bertz CT molecular complexity index is 602. The van der Waals surface area contributed by atoms with Crippen molar-refractivity contribution in [3.05, 3.63) is 29.3 Å². The number of ketones is 1. The van der Waals surface area contributed by atoms with Gasteiger partial charge in [0.15, 0.2) is 5.82 Å². The summed E-state index contributed by atoms with van der Waals surface area (Å²) in [5.74, 6) is -4.54. The van der Waals surface area contributed by atoms with Crippen molar-refractivity contribution < 1.29 is 23.2 Å². The summed E-state index contributed by atoms with van der Waals surface area (Å²) in [6.07, 6.45) is 0.703. The molecule has 1 heterocycles. The molecular weight excluding hydrogens is 270 g/mol. The number of hydrogen-bond acceptors (Lipinski definition) is 3. The highest BCUT2D eigenvalue weighted by molar-refractivity contribution is 6.52. The molecule has 0 spiro atoms. The number of carbonyl (C=O) groups is 3. The molecule has 7 heteroatoms. The molecule has 0 fully saturated rings. The van der Waals surface area contributed by atoms with Gasteiger partial charge in [0.25, 0.3) is 11.7 Å². The predicted octanol–water partition coefficient (Wildman–Crippen LogP) is 1.02. The van der Waals surface area contributed by atoms with Crippen LogP contribution < -0.4 is 10.2 Å². The molecule has 5 nitrogen and oxygen atoms in total. The molecule has 0 radical (unpaired) electrons. The second kappa shape index (κ2) is 5.36. The van der Waals surface area contributed by atoms with Crippen LogP contribution in [0.5, 0.6) is 0 Å². The highest BCUT2D eigenvalue weighted by Gasteiger charge is 2.39. The Hall–Kier alpha value is -2.31. The molecule has 0 bridgehead atoms. The summed E-state index contributed by atoms with van der Waals surface area (Å²) in [6.45, 7) is 1.79. The number of halogens is 2. The Labute approximate surface area is 113 Å². The molecule has 2 rings (SSSR count). The zero-order valence-corrected chi connectivity index (χ0v) is 10.7. The van der Waals surface area contributed by atoms with Crippen molar-refractivity contribution in [2.75, 3.05) is 18.0 Å². The molecule has 1 aliphatic rings. The average molecular weight is 282 g/mol. The number of benzene rings is 1. The Morgan fingerprint density at radius 3 is 2.65 bits per heavy atom. The zero-order valence-electron chi connectivity index (χ0n) is 10.7. The summed E-state index contributed by atoms with van der Waals surface area (Å²) < 4.78 is 26.8. The quantitative estimate of drug-likeness (QED) is 0.838. The number of carbonyl (C=O) groups excluding carboxylic acids is 3. The van der Waals surface area contributed by atoms with Gasteiger partial charge >= 0.3 is 0 Å². The van der Waals surface area contributed by atoms with Crippen LogP contribution in [0.1, 0.15) is 23.7 Å². The molecular formula is C13H12F2N2O3. The first kappa shape index (κ1) is 14.1. The van der Waals surface area contributed by atoms with Crippen molar-refractivity contribution in [1.82, 2.24) is 5.32 Å². The number of nitrogens with zero attached hydrogens (tertiary/aromatic N) is 1. The molecule has 1 aliphatic heterocycles.